The van der Waals surface area contributed by atoms with Gasteiger partial charge in [-0.2, -0.15) is 0 Å². The highest BCUT2D eigenvalue weighted by atomic mass is 16.4. The number of hydrogen-bond acceptors (Lipinski definition) is 3. The van der Waals surface area contributed by atoms with Crippen molar-refractivity contribution in [2.75, 3.05) is 6.54 Å². The number of rotatable bonds is 3. The number of phenolic OH excluding ortho intramolecular Hbond substituents is 1. The van der Waals surface area contributed by atoms with E-state index in [1.54, 1.807) is 0 Å². The van der Waals surface area contributed by atoms with Crippen LogP contribution >= 0.6 is 0 Å². The molecule has 4 heteroatoms. The summed E-state index contributed by atoms with van der Waals surface area (Å²) in [6.45, 7) is 7.54. The van der Waals surface area contributed by atoms with Crippen molar-refractivity contribution in [1.82, 2.24) is 4.90 Å². The summed E-state index contributed by atoms with van der Waals surface area (Å²) in [7, 11) is 0. The lowest BCUT2D eigenvalue weighted by atomic mass is 9.91. The normalized spacial score (nSPS) is 23.8. The second-order valence-corrected chi connectivity index (χ2v) is 5.96. The van der Waals surface area contributed by atoms with Crippen molar-refractivity contribution in [2.24, 2.45) is 5.92 Å². The number of carboxylic acids is 1. The van der Waals surface area contributed by atoms with Gasteiger partial charge in [-0.3, -0.25) is 9.69 Å². The van der Waals surface area contributed by atoms with Crippen LogP contribution in [0.1, 0.15) is 36.5 Å². The van der Waals surface area contributed by atoms with Gasteiger partial charge in [0.1, 0.15) is 5.75 Å². The SMILES string of the molecule is Cc1cc(CN2CCC(C(=O)O)CC2C)cc(C)c1O. The van der Waals surface area contributed by atoms with E-state index in [9.17, 15) is 9.90 Å². The highest BCUT2D eigenvalue weighted by Gasteiger charge is 2.29. The zero-order valence-electron chi connectivity index (χ0n) is 12.4. The maximum atomic E-state index is 11.0. The number of aromatic hydroxyl groups is 1. The predicted molar refractivity (Wildman–Crippen MR) is 77.8 cm³/mol. The largest absolute Gasteiger partial charge is 0.507 e. The summed E-state index contributed by atoms with van der Waals surface area (Å²) in [5, 5.41) is 18.9. The monoisotopic (exact) mass is 277 g/mol. The Labute approximate surface area is 120 Å². The van der Waals surface area contributed by atoms with Gasteiger partial charge in [0.25, 0.3) is 0 Å². The van der Waals surface area contributed by atoms with E-state index in [2.05, 4.69) is 11.8 Å². The molecule has 2 atom stereocenters. The third-order valence-electron chi connectivity index (χ3n) is 4.30. The molecule has 0 amide bonds. The van der Waals surface area contributed by atoms with Crippen LogP contribution in [0.4, 0.5) is 0 Å². The topological polar surface area (TPSA) is 60.8 Å². The van der Waals surface area contributed by atoms with Gasteiger partial charge in [-0.05, 0) is 56.8 Å². The highest BCUT2D eigenvalue weighted by Crippen LogP contribution is 2.27. The fourth-order valence-electron chi connectivity index (χ4n) is 3.05. The van der Waals surface area contributed by atoms with Crippen molar-refractivity contribution < 1.29 is 15.0 Å². The van der Waals surface area contributed by atoms with Crippen LogP contribution in [-0.2, 0) is 11.3 Å². The van der Waals surface area contributed by atoms with Crippen molar-refractivity contribution in [2.45, 2.75) is 46.2 Å². The molecule has 1 saturated heterocycles. The number of likely N-dealkylation sites (tertiary alicyclic amines) is 1. The van der Waals surface area contributed by atoms with E-state index >= 15 is 0 Å². The molecule has 1 fully saturated rings. The zero-order valence-corrected chi connectivity index (χ0v) is 12.4. The second-order valence-electron chi connectivity index (χ2n) is 5.96. The van der Waals surface area contributed by atoms with Gasteiger partial charge in [0.15, 0.2) is 0 Å². The summed E-state index contributed by atoms with van der Waals surface area (Å²) < 4.78 is 0. The van der Waals surface area contributed by atoms with Gasteiger partial charge in [0.05, 0.1) is 5.92 Å². The summed E-state index contributed by atoms with van der Waals surface area (Å²) >= 11 is 0. The Morgan fingerprint density at radius 3 is 2.45 bits per heavy atom. The van der Waals surface area contributed by atoms with Gasteiger partial charge < -0.3 is 10.2 Å². The Hall–Kier alpha value is -1.55. The molecule has 2 N–H and O–H groups in total. The lowest BCUT2D eigenvalue weighted by Crippen LogP contribution is -2.42. The molecule has 2 rings (SSSR count). The first kappa shape index (κ1) is 14.9. The van der Waals surface area contributed by atoms with Crippen LogP contribution in [0.5, 0.6) is 5.75 Å². The Kier molecular flexibility index (Phi) is 4.33. The number of aliphatic carboxylic acids is 1. The van der Waals surface area contributed by atoms with Gasteiger partial charge >= 0.3 is 5.97 Å². The van der Waals surface area contributed by atoms with E-state index in [4.69, 9.17) is 5.11 Å². The summed E-state index contributed by atoms with van der Waals surface area (Å²) in [5.74, 6) is -0.510. The zero-order chi connectivity index (χ0) is 14.9. The van der Waals surface area contributed by atoms with E-state index in [-0.39, 0.29) is 12.0 Å². The number of aryl methyl sites for hydroxylation is 2. The first-order valence-electron chi connectivity index (χ1n) is 7.14. The number of phenols is 1. The Morgan fingerprint density at radius 1 is 1.35 bits per heavy atom. The maximum Gasteiger partial charge on any atom is 0.306 e. The molecule has 20 heavy (non-hydrogen) atoms. The molecular formula is C16H23NO3. The third kappa shape index (κ3) is 3.12. The molecule has 0 radical (unpaired) electrons. The van der Waals surface area contributed by atoms with Crippen LogP contribution in [0, 0.1) is 19.8 Å². The smallest absolute Gasteiger partial charge is 0.306 e. The Bertz CT molecular complexity index is 489. The maximum absolute atomic E-state index is 11.0. The minimum absolute atomic E-state index is 0.204. The first-order valence-corrected chi connectivity index (χ1v) is 7.14. The van der Waals surface area contributed by atoms with Gasteiger partial charge in [0.2, 0.25) is 0 Å². The summed E-state index contributed by atoms with van der Waals surface area (Å²) in [5.41, 5.74) is 2.97. The lowest BCUT2D eigenvalue weighted by Gasteiger charge is -2.36. The van der Waals surface area contributed by atoms with E-state index in [0.29, 0.717) is 12.2 Å². The fourth-order valence-corrected chi connectivity index (χ4v) is 3.05. The number of carbonyl (C=O) groups is 1. The number of benzene rings is 1. The average Bonchev–Trinajstić information content (AvgIpc) is 2.38. The summed E-state index contributed by atoms with van der Waals surface area (Å²) in [6, 6.07) is 4.30. The van der Waals surface area contributed by atoms with Crippen molar-refractivity contribution in [3.05, 3.63) is 28.8 Å². The van der Waals surface area contributed by atoms with Gasteiger partial charge in [-0.1, -0.05) is 12.1 Å². The fraction of sp³-hybridized carbons (Fsp3) is 0.562. The Balaban J connectivity index is 2.06. The van der Waals surface area contributed by atoms with Crippen molar-refractivity contribution in [3.63, 3.8) is 0 Å². The quantitative estimate of drug-likeness (QED) is 0.891. The van der Waals surface area contributed by atoms with Crippen molar-refractivity contribution in [3.8, 4) is 5.75 Å². The molecule has 2 unspecified atom stereocenters. The van der Waals surface area contributed by atoms with Crippen molar-refractivity contribution in [1.29, 1.82) is 0 Å². The Morgan fingerprint density at radius 2 is 1.95 bits per heavy atom. The molecule has 0 aliphatic carbocycles. The molecule has 1 aromatic carbocycles. The van der Waals surface area contributed by atoms with Gasteiger partial charge in [-0.15, -0.1) is 0 Å². The molecule has 0 saturated carbocycles. The van der Waals surface area contributed by atoms with Crippen LogP contribution in [-0.4, -0.2) is 33.7 Å². The van der Waals surface area contributed by atoms with E-state index in [1.165, 1.54) is 5.56 Å². The van der Waals surface area contributed by atoms with Crippen LogP contribution in [0.2, 0.25) is 0 Å². The highest BCUT2D eigenvalue weighted by molar-refractivity contribution is 5.70. The predicted octanol–water partition coefficient (Wildman–Crippen LogP) is 2.69. The summed E-state index contributed by atoms with van der Waals surface area (Å²) in [6.07, 6.45) is 1.43. The van der Waals surface area contributed by atoms with Crippen LogP contribution < -0.4 is 0 Å². The van der Waals surface area contributed by atoms with Crippen LogP contribution in [0.15, 0.2) is 12.1 Å². The minimum atomic E-state index is -0.673. The average molecular weight is 277 g/mol. The molecule has 4 nitrogen and oxygen atoms in total. The van der Waals surface area contributed by atoms with Gasteiger partial charge in [-0.25, -0.2) is 0 Å². The molecule has 1 aliphatic heterocycles. The van der Waals surface area contributed by atoms with E-state index < -0.39 is 5.97 Å². The first-order chi connectivity index (χ1) is 9.38. The van der Waals surface area contributed by atoms with Crippen LogP contribution in [0.25, 0.3) is 0 Å². The molecule has 1 aromatic rings. The van der Waals surface area contributed by atoms with Crippen molar-refractivity contribution >= 4 is 5.97 Å². The van der Waals surface area contributed by atoms with Crippen LogP contribution in [0.3, 0.4) is 0 Å². The van der Waals surface area contributed by atoms with Gasteiger partial charge in [0, 0.05) is 12.6 Å². The summed E-state index contributed by atoms with van der Waals surface area (Å²) in [4.78, 5) is 13.4. The standard InChI is InChI=1S/C16H23NO3/c1-10-6-13(7-11(2)15(10)18)9-17-5-4-14(16(19)20)8-12(17)3/h6-7,12,14,18H,4-5,8-9H2,1-3H3,(H,19,20). The molecule has 0 bridgehead atoms. The third-order valence-corrected chi connectivity index (χ3v) is 4.30. The second kappa shape index (κ2) is 5.83. The number of carboxylic acid groups (broad SMARTS) is 1. The molecule has 0 spiro atoms. The number of nitrogens with zero attached hydrogens (tertiary/aromatic N) is 1. The number of piperidine rings is 1. The molecule has 110 valence electrons. The molecule has 1 heterocycles. The number of hydrogen-bond donors (Lipinski definition) is 2. The lowest BCUT2D eigenvalue weighted by molar-refractivity contribution is -0.144. The molecule has 1 aliphatic rings. The van der Waals surface area contributed by atoms with E-state index in [1.807, 2.05) is 26.0 Å². The molecule has 0 aromatic heterocycles. The minimum Gasteiger partial charge on any atom is -0.507 e. The molecular weight excluding hydrogens is 254 g/mol. The van der Waals surface area contributed by atoms with E-state index in [0.717, 1.165) is 30.6 Å².